The van der Waals surface area contributed by atoms with Crippen LogP contribution in [0.2, 0.25) is 0 Å². The second-order valence-corrected chi connectivity index (χ2v) is 7.59. The number of fused-ring (bicyclic) bond motifs is 1. The van der Waals surface area contributed by atoms with E-state index in [1.54, 1.807) is 0 Å². The Kier molecular flexibility index (Phi) is 4.13. The van der Waals surface area contributed by atoms with Crippen LogP contribution in [0.15, 0.2) is 30.3 Å². The Labute approximate surface area is 132 Å². The van der Waals surface area contributed by atoms with Crippen molar-refractivity contribution in [3.05, 3.63) is 35.9 Å². The Morgan fingerprint density at radius 2 is 2.00 bits per heavy atom. The molecule has 3 rings (SSSR count). The van der Waals surface area contributed by atoms with E-state index in [0.717, 1.165) is 25.6 Å². The van der Waals surface area contributed by atoms with E-state index in [1.807, 2.05) is 26.8 Å². The lowest BCUT2D eigenvalue weighted by molar-refractivity contribution is 0.0463. The molecule has 4 heteroatoms. The maximum absolute atomic E-state index is 12.0. The van der Waals surface area contributed by atoms with Gasteiger partial charge >= 0.3 is 6.09 Å². The first-order chi connectivity index (χ1) is 10.4. The van der Waals surface area contributed by atoms with Gasteiger partial charge < -0.3 is 10.1 Å². The van der Waals surface area contributed by atoms with Gasteiger partial charge in [-0.3, -0.25) is 4.90 Å². The lowest BCUT2D eigenvalue weighted by Gasteiger charge is -2.33. The molecule has 1 saturated carbocycles. The number of hydrogen-bond acceptors (Lipinski definition) is 3. The third kappa shape index (κ3) is 4.01. The van der Waals surface area contributed by atoms with Crippen molar-refractivity contribution in [1.29, 1.82) is 0 Å². The molecule has 2 aliphatic rings. The Morgan fingerprint density at radius 1 is 1.27 bits per heavy atom. The number of carbonyl (C=O) groups excluding carboxylic acids is 1. The summed E-state index contributed by atoms with van der Waals surface area (Å²) in [6, 6.07) is 10.7. The number of piperidine rings is 1. The van der Waals surface area contributed by atoms with Gasteiger partial charge in [0.15, 0.2) is 0 Å². The normalized spacial score (nSPS) is 27.9. The first-order valence-electron chi connectivity index (χ1n) is 8.16. The molecule has 1 aliphatic carbocycles. The van der Waals surface area contributed by atoms with Crippen LogP contribution < -0.4 is 5.32 Å². The van der Waals surface area contributed by atoms with Gasteiger partial charge in [0.2, 0.25) is 0 Å². The number of nitrogens with one attached hydrogen (secondary N) is 1. The smallest absolute Gasteiger partial charge is 0.407 e. The highest BCUT2D eigenvalue weighted by molar-refractivity contribution is 5.68. The molecule has 1 saturated heterocycles. The SMILES string of the molecule is CC(C)(C)OC(=O)N[C@H]1CN(Cc2ccccc2)C[C@@H]2C[C@@H]21. The maximum Gasteiger partial charge on any atom is 0.407 e. The standard InChI is InChI=1S/C18H26N2O2/c1-18(2,3)22-17(21)19-16-12-20(11-14-9-15(14)16)10-13-7-5-4-6-8-13/h4-8,14-16H,9-12H2,1-3H3,(H,19,21)/t14-,15-,16-/m0/s1. The van der Waals surface area contributed by atoms with Crippen LogP contribution >= 0.6 is 0 Å². The highest BCUT2D eigenvalue weighted by Crippen LogP contribution is 2.45. The summed E-state index contributed by atoms with van der Waals surface area (Å²) in [5, 5.41) is 3.08. The summed E-state index contributed by atoms with van der Waals surface area (Å²) in [5.74, 6) is 1.37. The van der Waals surface area contributed by atoms with E-state index in [2.05, 4.69) is 34.5 Å². The number of ether oxygens (including phenoxy) is 1. The fourth-order valence-electron chi connectivity index (χ4n) is 3.38. The molecule has 1 heterocycles. The van der Waals surface area contributed by atoms with Gasteiger partial charge in [0.05, 0.1) is 0 Å². The van der Waals surface area contributed by atoms with Crippen LogP contribution in [0.4, 0.5) is 4.79 Å². The molecule has 1 aromatic rings. The van der Waals surface area contributed by atoms with Gasteiger partial charge in [-0.25, -0.2) is 4.79 Å². The number of likely N-dealkylation sites (tertiary alicyclic amines) is 1. The van der Waals surface area contributed by atoms with Gasteiger partial charge in [-0.1, -0.05) is 30.3 Å². The first-order valence-corrected chi connectivity index (χ1v) is 8.16. The average Bonchev–Trinajstić information content (AvgIpc) is 3.17. The van der Waals surface area contributed by atoms with E-state index in [0.29, 0.717) is 5.92 Å². The molecule has 0 aromatic heterocycles. The lowest BCUT2D eigenvalue weighted by Crippen LogP contribution is -2.50. The second-order valence-electron chi connectivity index (χ2n) is 7.59. The molecule has 1 aromatic carbocycles. The monoisotopic (exact) mass is 302 g/mol. The molecule has 1 N–H and O–H groups in total. The minimum absolute atomic E-state index is 0.220. The summed E-state index contributed by atoms with van der Waals surface area (Å²) in [6.45, 7) is 8.71. The van der Waals surface area contributed by atoms with Gasteiger partial charge in [0, 0.05) is 25.7 Å². The zero-order valence-corrected chi connectivity index (χ0v) is 13.7. The van der Waals surface area contributed by atoms with Crippen molar-refractivity contribution in [2.24, 2.45) is 11.8 Å². The van der Waals surface area contributed by atoms with Crippen LogP contribution in [0.5, 0.6) is 0 Å². The van der Waals surface area contributed by atoms with Gasteiger partial charge in [-0.15, -0.1) is 0 Å². The summed E-state index contributed by atoms with van der Waals surface area (Å²) in [5.41, 5.74) is 0.892. The summed E-state index contributed by atoms with van der Waals surface area (Å²) in [6.07, 6.45) is 0.941. The summed E-state index contributed by atoms with van der Waals surface area (Å²) < 4.78 is 5.39. The molecule has 1 amide bonds. The van der Waals surface area contributed by atoms with Crippen molar-refractivity contribution < 1.29 is 9.53 Å². The average molecular weight is 302 g/mol. The number of nitrogens with zero attached hydrogens (tertiary/aromatic N) is 1. The third-order valence-electron chi connectivity index (χ3n) is 4.39. The number of rotatable bonds is 3. The largest absolute Gasteiger partial charge is 0.444 e. The quantitative estimate of drug-likeness (QED) is 0.933. The fraction of sp³-hybridized carbons (Fsp3) is 0.611. The van der Waals surface area contributed by atoms with Crippen LogP contribution in [0.25, 0.3) is 0 Å². The molecule has 120 valence electrons. The molecular weight excluding hydrogens is 276 g/mol. The molecule has 1 aliphatic heterocycles. The predicted octanol–water partition coefficient (Wildman–Crippen LogP) is 3.03. The van der Waals surface area contributed by atoms with Gasteiger partial charge in [0.25, 0.3) is 0 Å². The highest BCUT2D eigenvalue weighted by atomic mass is 16.6. The number of hydrogen-bond donors (Lipinski definition) is 1. The Balaban J connectivity index is 1.56. The molecular formula is C18H26N2O2. The van der Waals surface area contributed by atoms with Crippen LogP contribution in [-0.4, -0.2) is 35.7 Å². The number of alkyl carbamates (subject to hydrolysis) is 1. The van der Waals surface area contributed by atoms with Crippen molar-refractivity contribution in [3.63, 3.8) is 0 Å². The van der Waals surface area contributed by atoms with Gasteiger partial charge in [-0.05, 0) is 44.6 Å². The van der Waals surface area contributed by atoms with Crippen molar-refractivity contribution >= 4 is 6.09 Å². The molecule has 0 spiro atoms. The van der Waals surface area contributed by atoms with Crippen LogP contribution in [0.1, 0.15) is 32.8 Å². The van der Waals surface area contributed by atoms with E-state index in [9.17, 15) is 4.79 Å². The number of benzene rings is 1. The minimum Gasteiger partial charge on any atom is -0.444 e. The predicted molar refractivity (Wildman–Crippen MR) is 86.5 cm³/mol. The van der Waals surface area contributed by atoms with Gasteiger partial charge in [-0.2, -0.15) is 0 Å². The summed E-state index contributed by atoms with van der Waals surface area (Å²) >= 11 is 0. The zero-order chi connectivity index (χ0) is 15.7. The van der Waals surface area contributed by atoms with Crippen molar-refractivity contribution in [3.8, 4) is 0 Å². The molecule has 22 heavy (non-hydrogen) atoms. The highest BCUT2D eigenvalue weighted by Gasteiger charge is 2.48. The first kappa shape index (κ1) is 15.3. The Hall–Kier alpha value is -1.55. The molecule has 3 atom stereocenters. The maximum atomic E-state index is 12.0. The van der Waals surface area contributed by atoms with Crippen LogP contribution in [0, 0.1) is 11.8 Å². The van der Waals surface area contributed by atoms with Crippen LogP contribution in [-0.2, 0) is 11.3 Å². The zero-order valence-electron chi connectivity index (χ0n) is 13.7. The van der Waals surface area contributed by atoms with Gasteiger partial charge in [0.1, 0.15) is 5.60 Å². The summed E-state index contributed by atoms with van der Waals surface area (Å²) in [7, 11) is 0. The van der Waals surface area contributed by atoms with E-state index in [1.165, 1.54) is 12.0 Å². The third-order valence-corrected chi connectivity index (χ3v) is 4.39. The van der Waals surface area contributed by atoms with E-state index >= 15 is 0 Å². The Bertz CT molecular complexity index is 524. The number of amides is 1. The topological polar surface area (TPSA) is 41.6 Å². The second kappa shape index (κ2) is 5.92. The fourth-order valence-corrected chi connectivity index (χ4v) is 3.38. The minimum atomic E-state index is -0.439. The molecule has 4 nitrogen and oxygen atoms in total. The molecule has 0 unspecified atom stereocenters. The van der Waals surface area contributed by atoms with E-state index in [4.69, 9.17) is 4.74 Å². The lowest BCUT2D eigenvalue weighted by atomic mass is 10.0. The van der Waals surface area contributed by atoms with E-state index in [-0.39, 0.29) is 12.1 Å². The van der Waals surface area contributed by atoms with Crippen LogP contribution in [0.3, 0.4) is 0 Å². The van der Waals surface area contributed by atoms with Crippen molar-refractivity contribution in [2.75, 3.05) is 13.1 Å². The molecule has 0 radical (unpaired) electrons. The van der Waals surface area contributed by atoms with Crippen molar-refractivity contribution in [1.82, 2.24) is 10.2 Å². The van der Waals surface area contributed by atoms with E-state index < -0.39 is 5.60 Å². The van der Waals surface area contributed by atoms with Crippen molar-refractivity contribution in [2.45, 2.75) is 45.4 Å². The summed E-state index contributed by atoms with van der Waals surface area (Å²) in [4.78, 5) is 14.5. The Morgan fingerprint density at radius 3 is 2.68 bits per heavy atom. The molecule has 0 bridgehead atoms. The number of carbonyl (C=O) groups is 1. The molecule has 2 fully saturated rings.